The molecule has 1 saturated heterocycles. The molecule has 0 spiro atoms. The smallest absolute Gasteiger partial charge is 0.371 e. The normalized spacial score (nSPS) is 14.4. The number of anilines is 2. The topological polar surface area (TPSA) is 97.4 Å². The molecule has 7 nitrogen and oxygen atoms in total. The van der Waals surface area contributed by atoms with E-state index in [-0.39, 0.29) is 0 Å². The van der Waals surface area contributed by atoms with Crippen LogP contribution in [0.3, 0.4) is 0 Å². The minimum absolute atomic E-state index is 0.323. The molecule has 1 aliphatic rings. The average molecular weight is 422 g/mol. The summed E-state index contributed by atoms with van der Waals surface area (Å²) in [5, 5.41) is 2.56. The van der Waals surface area contributed by atoms with Gasteiger partial charge in [0, 0.05) is 25.0 Å². The second-order valence-electron chi connectivity index (χ2n) is 7.04. The third kappa shape index (κ3) is 4.81. The molecular formula is C20H21F3N4O3. The Hall–Kier alpha value is -3.30. The standard InChI is InChI=1S/C20H21F3N4O3/c21-20(22,23)15-5-4-10-27(19(15)30)12-17(28)25-13-6-7-14(18(24)29)16(11-13)26-8-2-1-3-9-26/h4-7,10-11H,1-3,8-9,12H2,(H2,24,29)(H,25,28). The number of hydrogen-bond acceptors (Lipinski definition) is 4. The van der Waals surface area contributed by atoms with Crippen LogP contribution in [0.4, 0.5) is 24.5 Å². The van der Waals surface area contributed by atoms with Crippen LogP contribution in [-0.4, -0.2) is 29.5 Å². The summed E-state index contributed by atoms with van der Waals surface area (Å²) in [6.45, 7) is 0.911. The van der Waals surface area contributed by atoms with E-state index in [1.165, 1.54) is 12.1 Å². The number of rotatable bonds is 5. The van der Waals surface area contributed by atoms with Gasteiger partial charge in [0.25, 0.3) is 11.5 Å². The van der Waals surface area contributed by atoms with Crippen LogP contribution >= 0.6 is 0 Å². The average Bonchev–Trinajstić information content (AvgIpc) is 2.69. The number of carbonyl (C=O) groups is 2. The van der Waals surface area contributed by atoms with Gasteiger partial charge < -0.3 is 20.5 Å². The summed E-state index contributed by atoms with van der Waals surface area (Å²) < 4.78 is 39.3. The third-order valence-electron chi connectivity index (χ3n) is 4.88. The van der Waals surface area contributed by atoms with Crippen LogP contribution in [-0.2, 0) is 17.5 Å². The molecule has 2 aromatic rings. The maximum absolute atomic E-state index is 12.9. The number of nitrogens with one attached hydrogen (secondary N) is 1. The Balaban J connectivity index is 1.80. The molecule has 0 radical (unpaired) electrons. The highest BCUT2D eigenvalue weighted by Crippen LogP contribution is 2.28. The molecule has 0 saturated carbocycles. The van der Waals surface area contributed by atoms with E-state index in [0.717, 1.165) is 44.6 Å². The summed E-state index contributed by atoms with van der Waals surface area (Å²) in [6.07, 6.45) is -0.665. The third-order valence-corrected chi connectivity index (χ3v) is 4.88. The summed E-state index contributed by atoms with van der Waals surface area (Å²) in [4.78, 5) is 38.1. The zero-order chi connectivity index (χ0) is 21.9. The van der Waals surface area contributed by atoms with Crippen molar-refractivity contribution in [3.05, 3.63) is 58.0 Å². The first-order chi connectivity index (χ1) is 14.2. The Bertz CT molecular complexity index is 1010. The summed E-state index contributed by atoms with van der Waals surface area (Å²) in [6, 6.07) is 6.33. The Morgan fingerprint density at radius 2 is 1.80 bits per heavy atom. The van der Waals surface area contributed by atoms with Crippen molar-refractivity contribution in [2.75, 3.05) is 23.3 Å². The Labute approximate surface area is 170 Å². The van der Waals surface area contributed by atoms with Crippen LogP contribution in [0.2, 0.25) is 0 Å². The number of halogens is 3. The monoisotopic (exact) mass is 422 g/mol. The van der Waals surface area contributed by atoms with Crippen LogP contribution in [0.25, 0.3) is 0 Å². The molecule has 3 rings (SSSR count). The molecule has 30 heavy (non-hydrogen) atoms. The van der Waals surface area contributed by atoms with Crippen molar-refractivity contribution in [1.29, 1.82) is 0 Å². The van der Waals surface area contributed by atoms with Gasteiger partial charge in [-0.1, -0.05) is 0 Å². The van der Waals surface area contributed by atoms with E-state index in [2.05, 4.69) is 5.32 Å². The van der Waals surface area contributed by atoms with E-state index < -0.39 is 35.7 Å². The second-order valence-corrected chi connectivity index (χ2v) is 7.04. The Morgan fingerprint density at radius 3 is 2.43 bits per heavy atom. The summed E-state index contributed by atoms with van der Waals surface area (Å²) >= 11 is 0. The zero-order valence-electron chi connectivity index (χ0n) is 16.0. The van der Waals surface area contributed by atoms with E-state index in [9.17, 15) is 27.6 Å². The zero-order valence-corrected chi connectivity index (χ0v) is 16.0. The van der Waals surface area contributed by atoms with E-state index in [1.54, 1.807) is 6.07 Å². The Morgan fingerprint density at radius 1 is 1.10 bits per heavy atom. The minimum Gasteiger partial charge on any atom is -0.371 e. The van der Waals surface area contributed by atoms with Gasteiger partial charge in [0.2, 0.25) is 5.91 Å². The molecule has 0 unspecified atom stereocenters. The van der Waals surface area contributed by atoms with Crippen molar-refractivity contribution in [3.8, 4) is 0 Å². The van der Waals surface area contributed by atoms with E-state index in [4.69, 9.17) is 5.73 Å². The second kappa shape index (κ2) is 8.60. The predicted molar refractivity (Wildman–Crippen MR) is 105 cm³/mol. The van der Waals surface area contributed by atoms with Gasteiger partial charge >= 0.3 is 6.18 Å². The number of carbonyl (C=O) groups excluding carboxylic acids is 2. The quantitative estimate of drug-likeness (QED) is 0.774. The van der Waals surface area contributed by atoms with E-state index >= 15 is 0 Å². The number of primary amides is 1. The van der Waals surface area contributed by atoms with E-state index in [1.807, 2.05) is 4.90 Å². The predicted octanol–water partition coefficient (Wildman–Crippen LogP) is 2.60. The lowest BCUT2D eigenvalue weighted by Gasteiger charge is -2.30. The molecule has 0 atom stereocenters. The van der Waals surface area contributed by atoms with Crippen molar-refractivity contribution in [1.82, 2.24) is 4.57 Å². The lowest BCUT2D eigenvalue weighted by Crippen LogP contribution is -2.32. The number of piperidine rings is 1. The highest BCUT2D eigenvalue weighted by atomic mass is 19.4. The Kier molecular flexibility index (Phi) is 6.14. The van der Waals surface area contributed by atoms with E-state index in [0.29, 0.717) is 27.6 Å². The fourth-order valence-corrected chi connectivity index (χ4v) is 3.45. The molecule has 1 aromatic heterocycles. The fraction of sp³-hybridized carbons (Fsp3) is 0.350. The summed E-state index contributed by atoms with van der Waals surface area (Å²) in [5.74, 6) is -1.27. The van der Waals surface area contributed by atoms with Crippen molar-refractivity contribution < 1.29 is 22.8 Å². The molecular weight excluding hydrogens is 401 g/mol. The summed E-state index contributed by atoms with van der Waals surface area (Å²) in [7, 11) is 0. The molecule has 160 valence electrons. The summed E-state index contributed by atoms with van der Waals surface area (Å²) in [5.41, 5.74) is 4.10. The molecule has 0 aliphatic carbocycles. The molecule has 1 fully saturated rings. The SMILES string of the molecule is NC(=O)c1ccc(NC(=O)Cn2cccc(C(F)(F)F)c2=O)cc1N1CCCCC1. The van der Waals surface area contributed by atoms with Gasteiger partial charge in [-0.3, -0.25) is 14.4 Å². The lowest BCUT2D eigenvalue weighted by molar-refractivity contribution is -0.139. The van der Waals surface area contributed by atoms with Gasteiger partial charge in [-0.05, 0) is 49.6 Å². The molecule has 2 amide bonds. The lowest BCUT2D eigenvalue weighted by atomic mass is 10.1. The van der Waals surface area contributed by atoms with Crippen LogP contribution in [0.1, 0.15) is 35.2 Å². The number of benzene rings is 1. The first-order valence-electron chi connectivity index (χ1n) is 9.42. The van der Waals surface area contributed by atoms with Crippen molar-refractivity contribution in [2.45, 2.75) is 32.0 Å². The van der Waals surface area contributed by atoms with Crippen molar-refractivity contribution in [2.24, 2.45) is 5.73 Å². The highest BCUT2D eigenvalue weighted by Gasteiger charge is 2.34. The number of alkyl halides is 3. The van der Waals surface area contributed by atoms with Crippen LogP contribution in [0.15, 0.2) is 41.3 Å². The van der Waals surface area contributed by atoms with Crippen LogP contribution in [0, 0.1) is 0 Å². The first-order valence-corrected chi connectivity index (χ1v) is 9.42. The minimum atomic E-state index is -4.80. The number of nitrogens with zero attached hydrogens (tertiary/aromatic N) is 2. The molecule has 10 heteroatoms. The van der Waals surface area contributed by atoms with Gasteiger partial charge in [0.15, 0.2) is 0 Å². The number of pyridine rings is 1. The number of nitrogens with two attached hydrogens (primary N) is 1. The van der Waals surface area contributed by atoms with Crippen molar-refractivity contribution >= 4 is 23.2 Å². The molecule has 2 heterocycles. The van der Waals surface area contributed by atoms with Gasteiger partial charge in [-0.15, -0.1) is 0 Å². The fourth-order valence-electron chi connectivity index (χ4n) is 3.45. The van der Waals surface area contributed by atoms with Crippen molar-refractivity contribution in [3.63, 3.8) is 0 Å². The number of hydrogen-bond donors (Lipinski definition) is 2. The maximum atomic E-state index is 12.9. The molecule has 1 aliphatic heterocycles. The van der Waals surface area contributed by atoms with Crippen LogP contribution in [0.5, 0.6) is 0 Å². The van der Waals surface area contributed by atoms with Gasteiger partial charge in [-0.25, -0.2) is 0 Å². The van der Waals surface area contributed by atoms with Gasteiger partial charge in [0.1, 0.15) is 12.1 Å². The van der Waals surface area contributed by atoms with Gasteiger partial charge in [0.05, 0.1) is 11.3 Å². The van der Waals surface area contributed by atoms with Crippen LogP contribution < -0.4 is 21.5 Å². The molecule has 3 N–H and O–H groups in total. The first kappa shape index (κ1) is 21.4. The highest BCUT2D eigenvalue weighted by molar-refractivity contribution is 6.00. The number of amides is 2. The largest absolute Gasteiger partial charge is 0.421 e. The maximum Gasteiger partial charge on any atom is 0.421 e. The molecule has 0 bridgehead atoms. The van der Waals surface area contributed by atoms with Gasteiger partial charge in [-0.2, -0.15) is 13.2 Å². The molecule has 1 aromatic carbocycles. The number of aromatic nitrogens is 1.